The van der Waals surface area contributed by atoms with Gasteiger partial charge in [0.1, 0.15) is 12.1 Å². The van der Waals surface area contributed by atoms with Crippen molar-refractivity contribution in [2.75, 3.05) is 0 Å². The number of aliphatic carboxylic acids is 1. The van der Waals surface area contributed by atoms with Gasteiger partial charge in [0, 0.05) is 18.3 Å². The molecule has 6 heteroatoms. The van der Waals surface area contributed by atoms with Crippen LogP contribution in [0.2, 0.25) is 0 Å². The van der Waals surface area contributed by atoms with Crippen LogP contribution in [-0.4, -0.2) is 45.1 Å². The van der Waals surface area contributed by atoms with Crippen LogP contribution in [0.1, 0.15) is 92.9 Å². The maximum absolute atomic E-state index is 14.0. The van der Waals surface area contributed by atoms with Gasteiger partial charge in [0.25, 0.3) is 0 Å². The molecule has 0 bridgehead atoms. The number of hydrogen-bond acceptors (Lipinski definition) is 5. The Morgan fingerprint density at radius 3 is 2.31 bits per heavy atom. The fraction of sp³-hybridized carbons (Fsp3) is 0.833. The monoisotopic (exact) mass is 500 g/mol. The lowest BCUT2D eigenvalue weighted by Gasteiger charge is -2.70. The van der Waals surface area contributed by atoms with E-state index in [0.717, 1.165) is 11.9 Å². The molecule has 5 aliphatic carbocycles. The van der Waals surface area contributed by atoms with Crippen LogP contribution in [0.5, 0.6) is 0 Å². The molecule has 6 nitrogen and oxygen atoms in total. The predicted octanol–water partition coefficient (Wildman–Crippen LogP) is 4.56. The summed E-state index contributed by atoms with van der Waals surface area (Å²) in [5, 5.41) is 33.2. The molecule has 4 fully saturated rings. The summed E-state index contributed by atoms with van der Waals surface area (Å²) in [6.45, 7) is 12.2. The minimum Gasteiger partial charge on any atom is -0.481 e. The maximum atomic E-state index is 14.0. The number of carboxylic acid groups (broad SMARTS) is 1. The van der Waals surface area contributed by atoms with Gasteiger partial charge in [-0.25, -0.2) is 0 Å². The fourth-order valence-electron chi connectivity index (χ4n) is 10.6. The molecule has 0 saturated heterocycles. The molecule has 0 radical (unpaired) electrons. The molecule has 0 spiro atoms. The number of aldehydes is 1. The normalized spacial score (nSPS) is 56.4. The Bertz CT molecular complexity index is 1050. The summed E-state index contributed by atoms with van der Waals surface area (Å²) in [5.74, 6) is -1.68. The van der Waals surface area contributed by atoms with Gasteiger partial charge in [0.2, 0.25) is 0 Å². The molecular formula is C30H44O6. The topological polar surface area (TPSA) is 112 Å². The van der Waals surface area contributed by atoms with E-state index in [0.29, 0.717) is 51.4 Å². The molecule has 0 unspecified atom stereocenters. The van der Waals surface area contributed by atoms with E-state index in [-0.39, 0.29) is 17.6 Å². The van der Waals surface area contributed by atoms with Crippen LogP contribution in [0.4, 0.5) is 0 Å². The van der Waals surface area contributed by atoms with Crippen LogP contribution in [-0.2, 0) is 14.4 Å². The number of aliphatic hydroxyl groups excluding tert-OH is 1. The van der Waals surface area contributed by atoms with Crippen molar-refractivity contribution in [2.45, 2.75) is 105 Å². The minimum atomic E-state index is -1.15. The standard InChI is InChI=1S/C30H44O6/c1-17-9-12-30(24(34)35)14-13-27(4)18(22(30)29(17,6)36)7-8-20-25(2)11-10-21(33)26(3,16-31)23(25)19(32)15-28(20,27)5/h7,16-17,20-23,33,36H,8-15H2,1-6H3,(H,34,35)/t17-,20-,21+,22-,23+,25-,26+,27-,28-,29-,30+/m1/s1. The molecule has 0 heterocycles. The first kappa shape index (κ1) is 26.1. The number of aliphatic hydroxyl groups is 2. The van der Waals surface area contributed by atoms with Crippen molar-refractivity contribution in [3.8, 4) is 0 Å². The molecule has 0 aromatic heterocycles. The number of carbonyl (C=O) groups is 3. The zero-order chi connectivity index (χ0) is 26.7. The van der Waals surface area contributed by atoms with Crippen molar-refractivity contribution in [2.24, 2.45) is 50.7 Å². The number of fused-ring (bicyclic) bond motifs is 7. The largest absolute Gasteiger partial charge is 0.481 e. The van der Waals surface area contributed by atoms with Crippen molar-refractivity contribution in [3.05, 3.63) is 11.6 Å². The average Bonchev–Trinajstić information content (AvgIpc) is 2.79. The summed E-state index contributed by atoms with van der Waals surface area (Å²) >= 11 is 0. The summed E-state index contributed by atoms with van der Waals surface area (Å²) in [4.78, 5) is 39.2. The highest BCUT2D eigenvalue weighted by atomic mass is 16.4. The fourth-order valence-corrected chi connectivity index (χ4v) is 10.6. The molecule has 0 aromatic carbocycles. The van der Waals surface area contributed by atoms with Gasteiger partial charge in [-0.15, -0.1) is 0 Å². The van der Waals surface area contributed by atoms with Crippen molar-refractivity contribution in [1.29, 1.82) is 0 Å². The van der Waals surface area contributed by atoms with Crippen LogP contribution in [0.3, 0.4) is 0 Å². The smallest absolute Gasteiger partial charge is 0.310 e. The van der Waals surface area contributed by atoms with Crippen molar-refractivity contribution < 1.29 is 29.7 Å². The molecule has 0 aliphatic heterocycles. The zero-order valence-electron chi connectivity index (χ0n) is 22.8. The third-order valence-corrected chi connectivity index (χ3v) is 13.1. The Hall–Kier alpha value is -1.53. The summed E-state index contributed by atoms with van der Waals surface area (Å²) in [6, 6.07) is 0. The molecule has 4 saturated carbocycles. The Kier molecular flexibility index (Phi) is 5.46. The van der Waals surface area contributed by atoms with Gasteiger partial charge in [0.05, 0.1) is 22.5 Å². The van der Waals surface area contributed by atoms with Gasteiger partial charge in [-0.1, -0.05) is 39.3 Å². The van der Waals surface area contributed by atoms with Crippen LogP contribution in [0, 0.1) is 50.7 Å². The van der Waals surface area contributed by atoms with E-state index in [1.165, 1.54) is 0 Å². The quantitative estimate of drug-likeness (QED) is 0.378. The lowest BCUT2D eigenvalue weighted by molar-refractivity contribution is -0.213. The van der Waals surface area contributed by atoms with Gasteiger partial charge in [-0.2, -0.15) is 0 Å². The van der Waals surface area contributed by atoms with Crippen LogP contribution < -0.4 is 0 Å². The molecule has 36 heavy (non-hydrogen) atoms. The van der Waals surface area contributed by atoms with Gasteiger partial charge < -0.3 is 20.1 Å². The first-order chi connectivity index (χ1) is 16.6. The number of allylic oxidation sites excluding steroid dienone is 1. The van der Waals surface area contributed by atoms with E-state index in [1.807, 2.05) is 13.8 Å². The van der Waals surface area contributed by atoms with Crippen molar-refractivity contribution >= 4 is 18.0 Å². The van der Waals surface area contributed by atoms with Gasteiger partial charge >= 0.3 is 5.97 Å². The summed E-state index contributed by atoms with van der Waals surface area (Å²) in [7, 11) is 0. The number of carboxylic acids is 1. The Labute approximate surface area is 214 Å². The van der Waals surface area contributed by atoms with Crippen LogP contribution in [0.25, 0.3) is 0 Å². The van der Waals surface area contributed by atoms with E-state index >= 15 is 0 Å². The SMILES string of the molecule is C[C@@H]1CC[C@]2(C(=O)O)CC[C@]3(C)C(=CC[C@@H]4[C@@]5(C)CC[C@H](O)[C@](C)(C=O)[C@H]5C(=O)C[C@]43C)[C@@H]2[C@]1(C)O. The molecule has 3 N–H and O–H groups in total. The minimum absolute atomic E-state index is 0.0215. The highest BCUT2D eigenvalue weighted by molar-refractivity contribution is 5.88. The molecule has 0 aromatic rings. The van der Waals surface area contributed by atoms with E-state index in [2.05, 4.69) is 26.8 Å². The number of hydrogen-bond donors (Lipinski definition) is 3. The number of Topliss-reactive ketones (excluding diaryl/α,β-unsaturated/α-hetero) is 1. The van der Waals surface area contributed by atoms with E-state index in [4.69, 9.17) is 0 Å². The third-order valence-electron chi connectivity index (χ3n) is 13.1. The second kappa shape index (κ2) is 7.53. The number of rotatable bonds is 2. The lowest BCUT2D eigenvalue weighted by atomic mass is 9.33. The molecule has 200 valence electrons. The van der Waals surface area contributed by atoms with Crippen LogP contribution in [0.15, 0.2) is 11.6 Å². The van der Waals surface area contributed by atoms with Gasteiger partial charge in [-0.3, -0.25) is 9.59 Å². The van der Waals surface area contributed by atoms with Crippen molar-refractivity contribution in [1.82, 2.24) is 0 Å². The number of carbonyl (C=O) groups excluding carboxylic acids is 2. The number of ketones is 1. The summed E-state index contributed by atoms with van der Waals surface area (Å²) in [5.41, 5.74) is -3.48. The molecule has 11 atom stereocenters. The van der Waals surface area contributed by atoms with Crippen molar-refractivity contribution in [3.63, 3.8) is 0 Å². The Morgan fingerprint density at radius 1 is 1.03 bits per heavy atom. The summed E-state index contributed by atoms with van der Waals surface area (Å²) < 4.78 is 0. The van der Waals surface area contributed by atoms with Gasteiger partial charge in [-0.05, 0) is 86.9 Å². The Morgan fingerprint density at radius 2 is 1.69 bits per heavy atom. The second-order valence-corrected chi connectivity index (χ2v) is 14.4. The van der Waals surface area contributed by atoms with Gasteiger partial charge in [0.15, 0.2) is 0 Å². The molecule has 5 aliphatic rings. The second-order valence-electron chi connectivity index (χ2n) is 14.4. The zero-order valence-corrected chi connectivity index (χ0v) is 22.8. The summed E-state index contributed by atoms with van der Waals surface area (Å²) in [6.07, 6.45) is 6.81. The molecule has 0 amide bonds. The first-order valence-electron chi connectivity index (χ1n) is 13.9. The predicted molar refractivity (Wildman–Crippen MR) is 135 cm³/mol. The molecular weight excluding hydrogens is 456 g/mol. The maximum Gasteiger partial charge on any atom is 0.310 e. The highest BCUT2D eigenvalue weighted by Gasteiger charge is 2.73. The first-order valence-corrected chi connectivity index (χ1v) is 13.9. The third kappa shape index (κ3) is 2.78. The Balaban J connectivity index is 1.68. The van der Waals surface area contributed by atoms with E-state index in [9.17, 15) is 29.7 Å². The molecule has 5 rings (SSSR count). The average molecular weight is 501 g/mol. The van der Waals surface area contributed by atoms with E-state index < -0.39 is 56.6 Å². The lowest BCUT2D eigenvalue weighted by Crippen LogP contribution is -2.69. The van der Waals surface area contributed by atoms with Crippen LogP contribution >= 0.6 is 0 Å². The van der Waals surface area contributed by atoms with E-state index in [1.54, 1.807) is 6.92 Å². The highest BCUT2D eigenvalue weighted by Crippen LogP contribution is 2.75.